The fourth-order valence-corrected chi connectivity index (χ4v) is 4.68. The van der Waals surface area contributed by atoms with Crippen LogP contribution in [0.5, 0.6) is 5.75 Å². The molecule has 0 N–H and O–H groups in total. The Morgan fingerprint density at radius 2 is 1.62 bits per heavy atom. The third-order valence-electron chi connectivity index (χ3n) is 6.13. The van der Waals surface area contributed by atoms with Crippen molar-refractivity contribution < 1.29 is 40.6 Å². The zero-order valence-electron chi connectivity index (χ0n) is 19.5. The summed E-state index contributed by atoms with van der Waals surface area (Å²) in [6.45, 7) is 3.12. The molecule has 8 nitrogen and oxygen atoms in total. The average molecular weight is 509 g/mol. The lowest BCUT2D eigenvalue weighted by molar-refractivity contribution is -0.200. The summed E-state index contributed by atoms with van der Waals surface area (Å²) in [5, 5.41) is 0.0173. The largest absolute Gasteiger partial charge is 0.489 e. The second-order valence-corrected chi connectivity index (χ2v) is 10.9. The lowest BCUT2D eigenvalue weighted by atomic mass is 9.94. The van der Waals surface area contributed by atoms with Crippen LogP contribution >= 0.6 is 0 Å². The molecule has 1 amide bonds. The second-order valence-electron chi connectivity index (χ2n) is 8.91. The van der Waals surface area contributed by atoms with Crippen molar-refractivity contribution in [3.63, 3.8) is 0 Å². The Bertz CT molecular complexity index is 956. The molecule has 1 aromatic heterocycles. The summed E-state index contributed by atoms with van der Waals surface area (Å²) in [4.78, 5) is 17.4. The first-order valence-corrected chi connectivity index (χ1v) is 13.2. The molecule has 192 valence electrons. The Hall–Kier alpha value is -2.08. The van der Waals surface area contributed by atoms with Crippen molar-refractivity contribution in [2.45, 2.75) is 88.0 Å². The average Bonchev–Trinajstić information content (AvgIpc) is 2.75. The summed E-state index contributed by atoms with van der Waals surface area (Å²) >= 11 is 0. The molecule has 1 aromatic rings. The van der Waals surface area contributed by atoms with Crippen molar-refractivity contribution in [1.82, 2.24) is 9.88 Å². The van der Waals surface area contributed by atoms with Crippen LogP contribution in [0.1, 0.15) is 51.1 Å². The number of sulfone groups is 1. The number of alkyl halides is 3. The van der Waals surface area contributed by atoms with Crippen LogP contribution in [-0.2, 0) is 19.3 Å². The van der Waals surface area contributed by atoms with Crippen LogP contribution in [-0.4, -0.2) is 74.3 Å². The fourth-order valence-electron chi connectivity index (χ4n) is 4.06. The van der Waals surface area contributed by atoms with E-state index in [0.29, 0.717) is 37.4 Å². The van der Waals surface area contributed by atoms with Gasteiger partial charge in [-0.15, -0.1) is 0 Å². The summed E-state index contributed by atoms with van der Waals surface area (Å²) in [5.41, 5.74) is 0.524. The van der Waals surface area contributed by atoms with Crippen LogP contribution in [0.4, 0.5) is 18.0 Å². The summed E-state index contributed by atoms with van der Waals surface area (Å²) < 4.78 is 77.7. The number of ether oxygens (including phenoxy) is 3. The zero-order valence-corrected chi connectivity index (χ0v) is 20.3. The maximum absolute atomic E-state index is 12.6. The summed E-state index contributed by atoms with van der Waals surface area (Å²) in [6, 6.07) is 3.08. The van der Waals surface area contributed by atoms with Gasteiger partial charge in [-0.2, -0.15) is 13.2 Å². The molecule has 12 heteroatoms. The van der Waals surface area contributed by atoms with E-state index in [1.807, 2.05) is 0 Å². The summed E-state index contributed by atoms with van der Waals surface area (Å²) in [6.07, 6.45) is -2.33. The smallest absolute Gasteiger partial charge is 0.425 e. The van der Waals surface area contributed by atoms with Gasteiger partial charge in [-0.05, 0) is 64.5 Å². The lowest BCUT2D eigenvalue weighted by Gasteiger charge is -2.36. The van der Waals surface area contributed by atoms with E-state index in [1.54, 1.807) is 13.0 Å². The Kier molecular flexibility index (Phi) is 8.33. The number of hydrogen-bond acceptors (Lipinski definition) is 7. The van der Waals surface area contributed by atoms with Gasteiger partial charge in [0, 0.05) is 19.3 Å². The van der Waals surface area contributed by atoms with Gasteiger partial charge in [0.05, 0.1) is 24.0 Å². The maximum Gasteiger partial charge on any atom is 0.425 e. The Balaban J connectivity index is 1.40. The highest BCUT2D eigenvalue weighted by atomic mass is 32.2. The number of hydrogen-bond donors (Lipinski definition) is 0. The topological polar surface area (TPSA) is 95.0 Å². The number of halogens is 3. The van der Waals surface area contributed by atoms with E-state index in [2.05, 4.69) is 9.72 Å². The lowest BCUT2D eigenvalue weighted by Crippen LogP contribution is -2.44. The van der Waals surface area contributed by atoms with Crippen LogP contribution in [0.25, 0.3) is 0 Å². The van der Waals surface area contributed by atoms with Gasteiger partial charge < -0.3 is 19.1 Å². The molecule has 3 rings (SSSR count). The molecule has 0 spiro atoms. The number of likely N-dealkylation sites (tertiary alicyclic amines) is 1. The van der Waals surface area contributed by atoms with Crippen LogP contribution in [0.15, 0.2) is 17.2 Å². The van der Waals surface area contributed by atoms with E-state index in [4.69, 9.17) is 9.47 Å². The van der Waals surface area contributed by atoms with E-state index >= 15 is 0 Å². The van der Waals surface area contributed by atoms with E-state index in [1.165, 1.54) is 11.0 Å². The van der Waals surface area contributed by atoms with E-state index in [0.717, 1.165) is 38.9 Å². The van der Waals surface area contributed by atoms with E-state index in [9.17, 15) is 26.4 Å². The predicted octanol–water partition coefficient (Wildman–Crippen LogP) is 4.05. The molecule has 1 saturated heterocycles. The minimum atomic E-state index is -4.57. The van der Waals surface area contributed by atoms with Crippen LogP contribution in [0.3, 0.4) is 0 Å². The molecule has 0 aromatic carbocycles. The van der Waals surface area contributed by atoms with Gasteiger partial charge in [-0.3, -0.25) is 0 Å². The highest BCUT2D eigenvalue weighted by Crippen LogP contribution is 2.30. The van der Waals surface area contributed by atoms with E-state index < -0.39 is 28.2 Å². The highest BCUT2D eigenvalue weighted by Gasteiger charge is 2.40. The van der Waals surface area contributed by atoms with Gasteiger partial charge in [0.1, 0.15) is 5.75 Å². The predicted molar refractivity (Wildman–Crippen MR) is 116 cm³/mol. The molecule has 1 aliphatic heterocycles. The van der Waals surface area contributed by atoms with Gasteiger partial charge in [0.2, 0.25) is 0 Å². The normalized spacial score (nSPS) is 23.4. The molecule has 1 aliphatic carbocycles. The maximum atomic E-state index is 12.6. The molecular formula is C22H31F3N2O6S. The molecule has 1 saturated carbocycles. The SMILES string of the molecule is Cc1nc(S(C)(=O)=O)ccc1O[C@H]1CC[C@H](OC2CCN(C(=O)O[C@H](C)C(F)(F)F)CC2)CC1. The minimum Gasteiger partial charge on any atom is -0.489 e. The Morgan fingerprint density at radius 1 is 1.06 bits per heavy atom. The van der Waals surface area contributed by atoms with Crippen LogP contribution in [0.2, 0.25) is 0 Å². The monoisotopic (exact) mass is 508 g/mol. The third kappa shape index (κ3) is 7.21. The van der Waals surface area contributed by atoms with Gasteiger partial charge >= 0.3 is 12.3 Å². The van der Waals surface area contributed by atoms with Crippen LogP contribution in [0, 0.1) is 6.92 Å². The van der Waals surface area contributed by atoms with Crippen molar-refractivity contribution in [2.75, 3.05) is 19.3 Å². The molecule has 2 fully saturated rings. The first-order chi connectivity index (χ1) is 15.8. The first kappa shape index (κ1) is 26.5. The van der Waals surface area contributed by atoms with Gasteiger partial charge in [0.25, 0.3) is 0 Å². The third-order valence-corrected chi connectivity index (χ3v) is 7.12. The van der Waals surface area contributed by atoms with Gasteiger partial charge in [0.15, 0.2) is 21.0 Å². The number of rotatable bonds is 6. The molecule has 2 heterocycles. The van der Waals surface area contributed by atoms with Crippen molar-refractivity contribution >= 4 is 15.9 Å². The molecule has 34 heavy (non-hydrogen) atoms. The number of carbonyl (C=O) groups excluding carboxylic acids is 1. The van der Waals surface area contributed by atoms with Gasteiger partial charge in [-0.25, -0.2) is 18.2 Å². The standard InChI is InChI=1S/C22H31F3N2O6S/c1-14-19(8-9-20(26-14)34(3,29)30)33-17-6-4-16(5-7-17)32-18-10-12-27(13-11-18)21(28)31-15(2)22(23,24)25/h8-9,15-18H,4-7,10-13H2,1-3H3/t15-,16-,17-/m1/s1. The number of aryl methyl sites for hydroxylation is 1. The van der Waals surface area contributed by atoms with E-state index in [-0.39, 0.29) is 23.3 Å². The first-order valence-electron chi connectivity index (χ1n) is 11.3. The Labute approximate surface area is 197 Å². The molecular weight excluding hydrogens is 477 g/mol. The minimum absolute atomic E-state index is 0.0170. The molecule has 0 bridgehead atoms. The van der Waals surface area contributed by atoms with Crippen molar-refractivity contribution in [2.24, 2.45) is 0 Å². The molecule has 1 atom stereocenters. The fraction of sp³-hybridized carbons (Fsp3) is 0.727. The zero-order chi connectivity index (χ0) is 25.1. The molecule has 0 unspecified atom stereocenters. The van der Waals surface area contributed by atoms with Crippen molar-refractivity contribution in [3.05, 3.63) is 17.8 Å². The number of carbonyl (C=O) groups is 1. The number of nitrogens with zero attached hydrogens (tertiary/aromatic N) is 2. The van der Waals surface area contributed by atoms with Crippen molar-refractivity contribution in [3.8, 4) is 5.75 Å². The Morgan fingerprint density at radius 3 is 2.15 bits per heavy atom. The van der Waals surface area contributed by atoms with Crippen LogP contribution < -0.4 is 4.74 Å². The molecule has 0 radical (unpaired) electrons. The molecule has 2 aliphatic rings. The number of aromatic nitrogens is 1. The summed E-state index contributed by atoms with van der Waals surface area (Å²) in [7, 11) is -3.37. The number of pyridine rings is 1. The van der Waals surface area contributed by atoms with Crippen molar-refractivity contribution in [1.29, 1.82) is 0 Å². The number of piperidine rings is 1. The summed E-state index contributed by atoms with van der Waals surface area (Å²) in [5.74, 6) is 0.566. The second kappa shape index (κ2) is 10.7. The highest BCUT2D eigenvalue weighted by molar-refractivity contribution is 7.90. The van der Waals surface area contributed by atoms with Gasteiger partial charge in [-0.1, -0.05) is 0 Å². The quantitative estimate of drug-likeness (QED) is 0.572. The number of amides is 1.